The summed E-state index contributed by atoms with van der Waals surface area (Å²) in [7, 11) is 1.67. The summed E-state index contributed by atoms with van der Waals surface area (Å²) in [5.41, 5.74) is 1.42. The van der Waals surface area contributed by atoms with Crippen molar-refractivity contribution in [3.8, 4) is 0 Å². The first-order valence-electron chi connectivity index (χ1n) is 10.2. The topological polar surface area (TPSA) is 54.3 Å². The van der Waals surface area contributed by atoms with Crippen LogP contribution in [0.25, 0.3) is 0 Å². The summed E-state index contributed by atoms with van der Waals surface area (Å²) in [5, 5.41) is 8.83. The fourth-order valence-electron chi connectivity index (χ4n) is 3.48. The maximum atomic E-state index is 8.83. The van der Waals surface area contributed by atoms with Gasteiger partial charge in [-0.15, -0.1) is 0 Å². The van der Waals surface area contributed by atoms with Crippen molar-refractivity contribution >= 4 is 5.90 Å². The molecule has 1 aromatic carbocycles. The lowest BCUT2D eigenvalue weighted by Crippen LogP contribution is -2.33. The van der Waals surface area contributed by atoms with Crippen molar-refractivity contribution < 1.29 is 14.6 Å². The van der Waals surface area contributed by atoms with Crippen LogP contribution >= 0.6 is 0 Å². The summed E-state index contributed by atoms with van der Waals surface area (Å²) in [4.78, 5) is 6.45. The molecule has 2 aliphatic heterocycles. The van der Waals surface area contributed by atoms with Crippen LogP contribution in [0.3, 0.4) is 0 Å². The van der Waals surface area contributed by atoms with E-state index >= 15 is 0 Å². The minimum Gasteiger partial charge on any atom is -0.484 e. The smallest absolute Gasteiger partial charge is 0.252 e. The fraction of sp³-hybridized carbons (Fsp3) is 0.522. The summed E-state index contributed by atoms with van der Waals surface area (Å²) in [5.74, 6) is 2.05. The summed E-state index contributed by atoms with van der Waals surface area (Å²) in [6, 6.07) is 10.7. The average molecular weight is 387 g/mol. The Morgan fingerprint density at radius 1 is 1.18 bits per heavy atom. The Hall–Kier alpha value is -2.11. The van der Waals surface area contributed by atoms with Crippen molar-refractivity contribution in [3.63, 3.8) is 0 Å². The van der Waals surface area contributed by atoms with E-state index in [4.69, 9.17) is 14.6 Å². The van der Waals surface area contributed by atoms with Crippen LogP contribution in [0.1, 0.15) is 31.2 Å². The molecule has 5 nitrogen and oxygen atoms in total. The van der Waals surface area contributed by atoms with Gasteiger partial charge in [0.2, 0.25) is 0 Å². The van der Waals surface area contributed by atoms with E-state index < -0.39 is 0 Å². The van der Waals surface area contributed by atoms with Gasteiger partial charge in [0.05, 0.1) is 0 Å². The lowest BCUT2D eigenvalue weighted by atomic mass is 9.92. The standard InChI is InChI=1S/C15H23NO.C8H11NO2/c17-12-4-7-14-8-10-16(11-9-14)13-15-5-2-1-3-6-15;1-3-4-7-8(9-2)11-6-5-10-7/h1-3,5-6,14,17H,4,7-13H2;3-4H,1,5-6H2,2H3/b;7-4+,9-8?. The molecule has 0 aliphatic carbocycles. The SMILES string of the molecule is C=C/C=C1/OCCOC1=NC.OCCCC1CCN(Cc2ccccc2)CC1. The zero-order chi connectivity index (χ0) is 20.0. The lowest BCUT2D eigenvalue weighted by Gasteiger charge is -2.31. The maximum Gasteiger partial charge on any atom is 0.252 e. The summed E-state index contributed by atoms with van der Waals surface area (Å²) in [6.07, 6.45) is 8.16. The monoisotopic (exact) mass is 386 g/mol. The van der Waals surface area contributed by atoms with Crippen molar-refractivity contribution in [2.24, 2.45) is 10.9 Å². The van der Waals surface area contributed by atoms with Gasteiger partial charge in [0.25, 0.3) is 5.90 Å². The summed E-state index contributed by atoms with van der Waals surface area (Å²) in [6.45, 7) is 8.58. The molecule has 0 atom stereocenters. The normalized spacial score (nSPS) is 20.8. The van der Waals surface area contributed by atoms with Crippen molar-refractivity contribution in [3.05, 3.63) is 60.4 Å². The molecule has 0 saturated carbocycles. The van der Waals surface area contributed by atoms with Crippen LogP contribution in [-0.4, -0.2) is 55.9 Å². The van der Waals surface area contributed by atoms with E-state index in [1.165, 1.54) is 37.9 Å². The summed E-state index contributed by atoms with van der Waals surface area (Å²) >= 11 is 0. The first-order valence-corrected chi connectivity index (χ1v) is 10.2. The Kier molecular flexibility index (Phi) is 10.4. The van der Waals surface area contributed by atoms with Gasteiger partial charge < -0.3 is 14.6 Å². The quantitative estimate of drug-likeness (QED) is 0.808. The number of aliphatic hydroxyl groups is 1. The lowest BCUT2D eigenvalue weighted by molar-refractivity contribution is 0.117. The minimum atomic E-state index is 0.351. The third-order valence-corrected chi connectivity index (χ3v) is 4.99. The molecule has 2 fully saturated rings. The van der Waals surface area contributed by atoms with Crippen LogP contribution < -0.4 is 0 Å². The number of nitrogens with zero attached hydrogens (tertiary/aromatic N) is 2. The molecule has 0 bridgehead atoms. The largest absolute Gasteiger partial charge is 0.484 e. The Balaban J connectivity index is 0.000000221. The molecule has 0 unspecified atom stereocenters. The van der Waals surface area contributed by atoms with Gasteiger partial charge >= 0.3 is 0 Å². The van der Waals surface area contributed by atoms with Gasteiger partial charge in [-0.2, -0.15) is 0 Å². The molecule has 1 N–H and O–H groups in total. The molecule has 0 spiro atoms. The highest BCUT2D eigenvalue weighted by Gasteiger charge is 2.18. The van der Waals surface area contributed by atoms with E-state index in [1.54, 1.807) is 19.2 Å². The van der Waals surface area contributed by atoms with Gasteiger partial charge in [0, 0.05) is 20.2 Å². The molecule has 28 heavy (non-hydrogen) atoms. The third-order valence-electron chi connectivity index (χ3n) is 4.99. The van der Waals surface area contributed by atoms with Crippen LogP contribution in [0.15, 0.2) is 59.8 Å². The van der Waals surface area contributed by atoms with Crippen molar-refractivity contribution in [2.75, 3.05) is 40.0 Å². The minimum absolute atomic E-state index is 0.351. The van der Waals surface area contributed by atoms with E-state index in [0.29, 0.717) is 31.5 Å². The van der Waals surface area contributed by atoms with E-state index in [9.17, 15) is 0 Å². The van der Waals surface area contributed by atoms with Crippen molar-refractivity contribution in [1.82, 2.24) is 4.90 Å². The highest BCUT2D eigenvalue weighted by molar-refractivity contribution is 5.92. The molecule has 0 radical (unpaired) electrons. The zero-order valence-corrected chi connectivity index (χ0v) is 17.1. The molecule has 2 heterocycles. The highest BCUT2D eigenvalue weighted by atomic mass is 16.6. The number of piperidine rings is 1. The second-order valence-corrected chi connectivity index (χ2v) is 7.06. The molecule has 3 rings (SSSR count). The average Bonchev–Trinajstić information content (AvgIpc) is 2.75. The number of aliphatic imine (C=N–C) groups is 1. The number of hydrogen-bond donors (Lipinski definition) is 1. The van der Waals surface area contributed by atoms with Crippen LogP contribution in [0, 0.1) is 5.92 Å². The molecule has 2 saturated heterocycles. The van der Waals surface area contributed by atoms with Gasteiger partial charge in [-0.25, -0.2) is 0 Å². The van der Waals surface area contributed by atoms with E-state index in [1.807, 2.05) is 0 Å². The third kappa shape index (κ3) is 7.87. The summed E-state index contributed by atoms with van der Waals surface area (Å²) < 4.78 is 10.5. The Bertz CT molecular complexity index is 620. The van der Waals surface area contributed by atoms with Gasteiger partial charge in [-0.1, -0.05) is 43.0 Å². The molecule has 1 aromatic rings. The Labute approximate surface area is 169 Å². The predicted octanol–water partition coefficient (Wildman–Crippen LogP) is 3.80. The van der Waals surface area contributed by atoms with E-state index in [0.717, 1.165) is 18.9 Å². The predicted molar refractivity (Wildman–Crippen MR) is 114 cm³/mol. The first kappa shape index (κ1) is 22.2. The second-order valence-electron chi connectivity index (χ2n) is 7.06. The van der Waals surface area contributed by atoms with Gasteiger partial charge in [0.1, 0.15) is 13.2 Å². The van der Waals surface area contributed by atoms with E-state index in [-0.39, 0.29) is 0 Å². The second kappa shape index (κ2) is 13.1. The van der Waals surface area contributed by atoms with Crippen LogP contribution in [-0.2, 0) is 16.0 Å². The van der Waals surface area contributed by atoms with Crippen LogP contribution in [0.4, 0.5) is 0 Å². The Morgan fingerprint density at radius 3 is 2.54 bits per heavy atom. The number of likely N-dealkylation sites (tertiary alicyclic amines) is 1. The molecule has 2 aliphatic rings. The van der Waals surface area contributed by atoms with Crippen LogP contribution in [0.5, 0.6) is 0 Å². The zero-order valence-electron chi connectivity index (χ0n) is 17.1. The van der Waals surface area contributed by atoms with Crippen LogP contribution in [0.2, 0.25) is 0 Å². The molecular formula is C23H34N2O3. The van der Waals surface area contributed by atoms with E-state index in [2.05, 4.69) is 46.8 Å². The number of allylic oxidation sites excluding steroid dienone is 2. The van der Waals surface area contributed by atoms with Crippen molar-refractivity contribution in [2.45, 2.75) is 32.2 Å². The molecule has 5 heteroatoms. The molecule has 154 valence electrons. The van der Waals surface area contributed by atoms with Gasteiger partial charge in [0.15, 0.2) is 5.76 Å². The number of ether oxygens (including phenoxy) is 2. The van der Waals surface area contributed by atoms with Gasteiger partial charge in [-0.3, -0.25) is 9.89 Å². The number of benzene rings is 1. The first-order chi connectivity index (χ1) is 13.8. The number of hydrogen-bond acceptors (Lipinski definition) is 5. The number of rotatable bonds is 6. The van der Waals surface area contributed by atoms with Gasteiger partial charge in [-0.05, 0) is 56.3 Å². The highest BCUT2D eigenvalue weighted by Crippen LogP contribution is 2.22. The number of aliphatic hydroxyl groups excluding tert-OH is 1. The molecular weight excluding hydrogens is 352 g/mol. The van der Waals surface area contributed by atoms with Crippen molar-refractivity contribution in [1.29, 1.82) is 0 Å². The molecule has 0 aromatic heterocycles. The fourth-order valence-corrected chi connectivity index (χ4v) is 3.48. The maximum absolute atomic E-state index is 8.83. The molecule has 0 amide bonds. The Morgan fingerprint density at radius 2 is 1.89 bits per heavy atom.